The maximum atomic E-state index is 13.1. The number of rotatable bonds is 2. The van der Waals surface area contributed by atoms with Gasteiger partial charge in [0.15, 0.2) is 6.17 Å². The number of aliphatic hydroxyl groups excluding tert-OH is 1. The summed E-state index contributed by atoms with van der Waals surface area (Å²) in [5.74, 6) is -0.454. The third-order valence-electron chi connectivity index (χ3n) is 2.36. The smallest absolute Gasteiger partial charge is 0.326 e. The lowest BCUT2D eigenvalue weighted by molar-refractivity contribution is -0.129. The van der Waals surface area contributed by atoms with Crippen molar-refractivity contribution in [2.45, 2.75) is 17.8 Å². The number of nitrogens with zero attached hydrogens (tertiary/aromatic N) is 1. The topological polar surface area (TPSA) is 78.9 Å². The van der Waals surface area contributed by atoms with Gasteiger partial charge in [-0.25, -0.2) is 9.18 Å². The van der Waals surface area contributed by atoms with Crippen LogP contribution in [0.3, 0.4) is 0 Å². The molecule has 0 bridgehead atoms. The summed E-state index contributed by atoms with van der Waals surface area (Å²) in [6.45, 7) is -0.456. The first kappa shape index (κ1) is 11.6. The van der Waals surface area contributed by atoms with Crippen LogP contribution in [0.25, 0.3) is 0 Å². The maximum Gasteiger partial charge on any atom is 0.326 e. The fourth-order valence-electron chi connectivity index (χ4n) is 1.54. The Hall–Kier alpha value is -0.860. The van der Waals surface area contributed by atoms with E-state index in [4.69, 9.17) is 9.84 Å². The fraction of sp³-hybridized carbons (Fsp3) is 0.750. The van der Waals surface area contributed by atoms with Crippen molar-refractivity contribution in [3.05, 3.63) is 0 Å². The molecule has 0 radical (unpaired) electrons. The van der Waals surface area contributed by atoms with E-state index in [1.54, 1.807) is 0 Å². The number of aliphatic hydroxyl groups is 1. The Bertz CT molecular complexity index is 316. The predicted molar refractivity (Wildman–Crippen MR) is 53.3 cm³/mol. The summed E-state index contributed by atoms with van der Waals surface area (Å²) in [6, 6.07) is -0.650. The Labute approximate surface area is 95.1 Å². The van der Waals surface area contributed by atoms with E-state index >= 15 is 0 Å². The largest absolute Gasteiger partial charge is 0.393 e. The van der Waals surface area contributed by atoms with Gasteiger partial charge >= 0.3 is 6.03 Å². The molecule has 2 heterocycles. The molecule has 2 N–H and O–H groups in total. The molecule has 90 valence electrons. The summed E-state index contributed by atoms with van der Waals surface area (Å²) in [5, 5.41) is 10.8. The Morgan fingerprint density at radius 2 is 2.38 bits per heavy atom. The summed E-state index contributed by atoms with van der Waals surface area (Å²) in [5.41, 5.74) is -0.395. The maximum absolute atomic E-state index is 13.1. The lowest BCUT2D eigenvalue weighted by Crippen LogP contribution is -2.59. The lowest BCUT2D eigenvalue weighted by atomic mass is 10.2. The molecule has 2 aliphatic rings. The number of nitrogens with one attached hydrogen (secondary N) is 1. The van der Waals surface area contributed by atoms with Crippen LogP contribution in [0.2, 0.25) is 0 Å². The second-order valence-electron chi connectivity index (χ2n) is 3.45. The van der Waals surface area contributed by atoms with Gasteiger partial charge in [-0.3, -0.25) is 15.0 Å². The van der Waals surface area contributed by atoms with Crippen LogP contribution in [0.1, 0.15) is 0 Å². The zero-order chi connectivity index (χ0) is 11.7. The number of imide groups is 1. The van der Waals surface area contributed by atoms with E-state index in [1.807, 2.05) is 5.32 Å². The van der Waals surface area contributed by atoms with Gasteiger partial charge in [-0.15, -0.1) is 11.8 Å². The number of alkyl halides is 1. The zero-order valence-corrected chi connectivity index (χ0v) is 9.08. The molecule has 0 aliphatic carbocycles. The van der Waals surface area contributed by atoms with Crippen molar-refractivity contribution in [3.8, 4) is 0 Å². The summed E-state index contributed by atoms with van der Waals surface area (Å²) in [6.07, 6.45) is -2.31. The van der Waals surface area contributed by atoms with Gasteiger partial charge in [-0.1, -0.05) is 0 Å². The molecular formula is C8H11FN2O4S. The zero-order valence-electron chi connectivity index (χ0n) is 8.26. The molecule has 3 unspecified atom stereocenters. The average Bonchev–Trinajstić information content (AvgIpc) is 2.71. The van der Waals surface area contributed by atoms with Crippen molar-refractivity contribution in [2.24, 2.45) is 0 Å². The van der Waals surface area contributed by atoms with Crippen LogP contribution in [0.15, 0.2) is 0 Å². The van der Waals surface area contributed by atoms with Crippen LogP contribution in [0.4, 0.5) is 9.18 Å². The first-order chi connectivity index (χ1) is 7.61. The van der Waals surface area contributed by atoms with Crippen LogP contribution in [-0.4, -0.2) is 58.7 Å². The van der Waals surface area contributed by atoms with Crippen molar-refractivity contribution < 1.29 is 23.8 Å². The van der Waals surface area contributed by atoms with Crippen LogP contribution in [0, 0.1) is 0 Å². The standard InChI is InChI=1S/C8H11FN2O4S/c9-4-1-11(8(14)10-7(4)13)5-3-16-6(2-12)15-5/h4-6,12H,1-3H2,(H,10,13,14). The highest BCUT2D eigenvalue weighted by Gasteiger charge is 2.39. The van der Waals surface area contributed by atoms with Gasteiger partial charge in [0.25, 0.3) is 5.91 Å². The average molecular weight is 250 g/mol. The van der Waals surface area contributed by atoms with Crippen LogP contribution >= 0.6 is 11.8 Å². The van der Waals surface area contributed by atoms with Crippen molar-refractivity contribution in [2.75, 3.05) is 18.9 Å². The molecule has 0 aromatic heterocycles. The molecule has 0 aromatic rings. The predicted octanol–water partition coefficient (Wildman–Crippen LogP) is -0.716. The first-order valence-corrected chi connectivity index (χ1v) is 5.80. The molecule has 2 saturated heterocycles. The monoisotopic (exact) mass is 250 g/mol. The second-order valence-corrected chi connectivity index (χ2v) is 4.64. The molecule has 0 saturated carbocycles. The Morgan fingerprint density at radius 3 is 3.00 bits per heavy atom. The van der Waals surface area contributed by atoms with Crippen LogP contribution < -0.4 is 5.32 Å². The van der Waals surface area contributed by atoms with Gasteiger partial charge < -0.3 is 9.84 Å². The molecule has 2 aliphatic heterocycles. The van der Waals surface area contributed by atoms with Crippen molar-refractivity contribution in [3.63, 3.8) is 0 Å². The molecule has 0 spiro atoms. The number of hydrogen-bond donors (Lipinski definition) is 2. The van der Waals surface area contributed by atoms with E-state index in [1.165, 1.54) is 11.8 Å². The number of carbonyl (C=O) groups is 2. The highest BCUT2D eigenvalue weighted by molar-refractivity contribution is 8.00. The Balaban J connectivity index is 1.99. The highest BCUT2D eigenvalue weighted by atomic mass is 32.2. The molecule has 2 fully saturated rings. The normalized spacial score (nSPS) is 35.4. The minimum absolute atomic E-state index is 0.158. The van der Waals surface area contributed by atoms with Crippen molar-refractivity contribution in [1.29, 1.82) is 0 Å². The summed E-state index contributed by atoms with van der Waals surface area (Å²) in [4.78, 5) is 23.4. The third-order valence-corrected chi connectivity index (χ3v) is 3.47. The first-order valence-electron chi connectivity index (χ1n) is 4.75. The van der Waals surface area contributed by atoms with E-state index in [9.17, 15) is 14.0 Å². The van der Waals surface area contributed by atoms with Gasteiger partial charge in [-0.2, -0.15) is 0 Å². The SMILES string of the molecule is O=C1NC(=O)N(C2CSC(CO)O2)CC1F. The van der Waals surface area contributed by atoms with E-state index < -0.39 is 29.8 Å². The number of urea groups is 1. The number of hydrogen-bond acceptors (Lipinski definition) is 5. The van der Waals surface area contributed by atoms with E-state index in [0.717, 1.165) is 4.90 Å². The minimum Gasteiger partial charge on any atom is -0.393 e. The molecule has 2 rings (SSSR count). The van der Waals surface area contributed by atoms with Gasteiger partial charge in [-0.05, 0) is 0 Å². The minimum atomic E-state index is -1.72. The molecule has 3 amide bonds. The van der Waals surface area contributed by atoms with Crippen LogP contribution in [-0.2, 0) is 9.53 Å². The van der Waals surface area contributed by atoms with Gasteiger partial charge in [0.1, 0.15) is 11.7 Å². The van der Waals surface area contributed by atoms with Gasteiger partial charge in [0, 0.05) is 5.75 Å². The Kier molecular flexibility index (Phi) is 3.31. The van der Waals surface area contributed by atoms with Crippen molar-refractivity contribution in [1.82, 2.24) is 10.2 Å². The summed E-state index contributed by atoms with van der Waals surface area (Å²) < 4.78 is 18.4. The molecule has 0 aromatic carbocycles. The van der Waals surface area contributed by atoms with E-state index in [0.29, 0.717) is 5.75 Å². The molecule has 8 heteroatoms. The summed E-state index contributed by atoms with van der Waals surface area (Å²) in [7, 11) is 0. The second kappa shape index (κ2) is 4.56. The van der Waals surface area contributed by atoms with Crippen molar-refractivity contribution >= 4 is 23.7 Å². The molecule has 16 heavy (non-hydrogen) atoms. The number of halogens is 1. The van der Waals surface area contributed by atoms with Gasteiger partial charge in [0.05, 0.1) is 13.2 Å². The number of thioether (sulfide) groups is 1. The molecular weight excluding hydrogens is 239 g/mol. The number of ether oxygens (including phenoxy) is 1. The number of carbonyl (C=O) groups excluding carboxylic acids is 2. The highest BCUT2D eigenvalue weighted by Crippen LogP contribution is 2.27. The Morgan fingerprint density at radius 1 is 1.62 bits per heavy atom. The molecule has 3 atom stereocenters. The fourth-order valence-corrected chi connectivity index (χ4v) is 2.49. The van der Waals surface area contributed by atoms with Gasteiger partial charge in [0.2, 0.25) is 0 Å². The molecule has 6 nitrogen and oxygen atoms in total. The quantitative estimate of drug-likeness (QED) is 0.676. The lowest BCUT2D eigenvalue weighted by Gasteiger charge is -2.32. The number of amides is 3. The van der Waals surface area contributed by atoms with E-state index in [-0.39, 0.29) is 13.2 Å². The van der Waals surface area contributed by atoms with Crippen LogP contribution in [0.5, 0.6) is 0 Å². The summed E-state index contributed by atoms with van der Waals surface area (Å²) >= 11 is 1.35. The van der Waals surface area contributed by atoms with E-state index in [2.05, 4.69) is 0 Å². The third kappa shape index (κ3) is 2.13.